The Balaban J connectivity index is 1.97. The molecule has 2 aromatic rings. The number of carbonyl (C=O) groups is 2. The number of amides is 2. The molecule has 0 unspecified atom stereocenters. The van der Waals surface area contributed by atoms with Gasteiger partial charge in [0.05, 0.1) is 12.8 Å². The molecule has 0 bridgehead atoms. The van der Waals surface area contributed by atoms with E-state index in [9.17, 15) is 22.8 Å². The highest BCUT2D eigenvalue weighted by Gasteiger charge is 2.17. The number of hydrogen-bond donors (Lipinski definition) is 2. The maximum absolute atomic E-state index is 13.4. The Morgan fingerprint density at radius 3 is 2.50 bits per heavy atom. The maximum atomic E-state index is 13.4. The van der Waals surface area contributed by atoms with Crippen molar-refractivity contribution in [2.75, 3.05) is 12.4 Å². The first-order valence-corrected chi connectivity index (χ1v) is 6.63. The van der Waals surface area contributed by atoms with E-state index >= 15 is 0 Å². The monoisotopic (exact) mass is 339 g/mol. The smallest absolute Gasteiger partial charge is 0.313 e. The Hall–Kier alpha value is -3.10. The summed E-state index contributed by atoms with van der Waals surface area (Å²) in [5.41, 5.74) is -0.0263. The molecule has 2 rings (SSSR count). The van der Waals surface area contributed by atoms with Gasteiger partial charge in [-0.05, 0) is 11.6 Å². The molecule has 0 radical (unpaired) electrons. The van der Waals surface area contributed by atoms with E-state index in [0.29, 0.717) is 17.5 Å². The number of anilines is 1. The Labute approximate surface area is 134 Å². The molecule has 2 N–H and O–H groups in total. The number of halogens is 3. The van der Waals surface area contributed by atoms with Crippen molar-refractivity contribution in [3.8, 4) is 5.88 Å². The quantitative estimate of drug-likeness (QED) is 0.657. The molecule has 0 atom stereocenters. The lowest BCUT2D eigenvalue weighted by atomic mass is 10.2. The topological polar surface area (TPSA) is 80.3 Å². The Kier molecular flexibility index (Phi) is 5.35. The third kappa shape index (κ3) is 4.22. The van der Waals surface area contributed by atoms with Crippen molar-refractivity contribution in [3.05, 3.63) is 53.5 Å². The van der Waals surface area contributed by atoms with Crippen LogP contribution in [0.5, 0.6) is 5.88 Å². The molecule has 9 heteroatoms. The molecular weight excluding hydrogens is 327 g/mol. The van der Waals surface area contributed by atoms with Gasteiger partial charge >= 0.3 is 11.8 Å². The van der Waals surface area contributed by atoms with Gasteiger partial charge in [-0.2, -0.15) is 0 Å². The molecule has 0 spiro atoms. The first kappa shape index (κ1) is 17.3. The first-order valence-electron chi connectivity index (χ1n) is 6.63. The zero-order chi connectivity index (χ0) is 17.7. The van der Waals surface area contributed by atoms with Crippen molar-refractivity contribution in [2.45, 2.75) is 6.54 Å². The molecule has 0 aliphatic heterocycles. The summed E-state index contributed by atoms with van der Waals surface area (Å²) in [5, 5.41) is 4.16. The second kappa shape index (κ2) is 7.44. The Morgan fingerprint density at radius 1 is 1.08 bits per heavy atom. The molecule has 0 aliphatic rings. The van der Waals surface area contributed by atoms with Crippen LogP contribution < -0.4 is 15.4 Å². The van der Waals surface area contributed by atoms with Crippen molar-refractivity contribution in [2.24, 2.45) is 0 Å². The second-order valence-corrected chi connectivity index (χ2v) is 4.59. The molecule has 0 saturated heterocycles. The molecular formula is C15H12F3N3O3. The van der Waals surface area contributed by atoms with Crippen LogP contribution in [0.4, 0.5) is 18.9 Å². The highest BCUT2D eigenvalue weighted by Crippen LogP contribution is 2.18. The summed E-state index contributed by atoms with van der Waals surface area (Å²) in [7, 11) is 1.43. The number of methoxy groups -OCH3 is 1. The molecule has 0 aliphatic carbocycles. The zero-order valence-electron chi connectivity index (χ0n) is 12.4. The van der Waals surface area contributed by atoms with Gasteiger partial charge in [0.15, 0.2) is 11.6 Å². The van der Waals surface area contributed by atoms with Crippen molar-refractivity contribution < 1.29 is 27.5 Å². The van der Waals surface area contributed by atoms with Gasteiger partial charge in [-0.1, -0.05) is 0 Å². The molecule has 1 aromatic carbocycles. The van der Waals surface area contributed by atoms with E-state index in [4.69, 9.17) is 4.74 Å². The Morgan fingerprint density at radius 2 is 1.79 bits per heavy atom. The van der Waals surface area contributed by atoms with Crippen LogP contribution in [-0.4, -0.2) is 23.9 Å². The van der Waals surface area contributed by atoms with E-state index in [1.807, 2.05) is 5.32 Å². The van der Waals surface area contributed by atoms with Gasteiger partial charge in [0.2, 0.25) is 5.88 Å². The summed E-state index contributed by atoms with van der Waals surface area (Å²) in [5.74, 6) is -5.92. The summed E-state index contributed by atoms with van der Waals surface area (Å²) in [4.78, 5) is 27.2. The van der Waals surface area contributed by atoms with Crippen molar-refractivity contribution in [1.82, 2.24) is 10.3 Å². The van der Waals surface area contributed by atoms with Crippen molar-refractivity contribution in [1.29, 1.82) is 0 Å². The SMILES string of the molecule is COc1cc(CNC(=O)C(=O)Nc2cc(F)c(F)cc2F)ccn1. The van der Waals surface area contributed by atoms with Crippen molar-refractivity contribution in [3.63, 3.8) is 0 Å². The third-order valence-corrected chi connectivity index (χ3v) is 2.93. The lowest BCUT2D eigenvalue weighted by Gasteiger charge is -2.08. The summed E-state index contributed by atoms with van der Waals surface area (Å²) >= 11 is 0. The van der Waals surface area contributed by atoms with E-state index in [1.165, 1.54) is 13.3 Å². The van der Waals surface area contributed by atoms with Crippen LogP contribution in [0, 0.1) is 17.5 Å². The molecule has 6 nitrogen and oxygen atoms in total. The van der Waals surface area contributed by atoms with Gasteiger partial charge in [0.1, 0.15) is 5.82 Å². The van der Waals surface area contributed by atoms with Gasteiger partial charge in [-0.3, -0.25) is 9.59 Å². The van der Waals surface area contributed by atoms with Gasteiger partial charge in [-0.15, -0.1) is 0 Å². The number of hydrogen-bond acceptors (Lipinski definition) is 4. The summed E-state index contributed by atoms with van der Waals surface area (Å²) in [6, 6.07) is 3.86. The van der Waals surface area contributed by atoms with E-state index in [0.717, 1.165) is 0 Å². The molecule has 126 valence electrons. The molecule has 0 fully saturated rings. The highest BCUT2D eigenvalue weighted by molar-refractivity contribution is 6.39. The number of rotatable bonds is 4. The van der Waals surface area contributed by atoms with Crippen LogP contribution in [0.15, 0.2) is 30.5 Å². The third-order valence-electron chi connectivity index (χ3n) is 2.93. The fourth-order valence-corrected chi connectivity index (χ4v) is 1.73. The average molecular weight is 339 g/mol. The predicted molar refractivity (Wildman–Crippen MR) is 77.6 cm³/mol. The van der Waals surface area contributed by atoms with Crippen molar-refractivity contribution >= 4 is 17.5 Å². The Bertz CT molecular complexity index is 784. The van der Waals surface area contributed by atoms with Crippen LogP contribution in [0.3, 0.4) is 0 Å². The fourth-order valence-electron chi connectivity index (χ4n) is 1.73. The summed E-state index contributed by atoms with van der Waals surface area (Å²) in [6.07, 6.45) is 1.46. The van der Waals surface area contributed by atoms with Gasteiger partial charge < -0.3 is 15.4 Å². The van der Waals surface area contributed by atoms with E-state index in [-0.39, 0.29) is 12.6 Å². The standard InChI is InChI=1S/C15H12F3N3O3/c1-24-13-4-8(2-3-19-13)7-20-14(22)15(23)21-12-6-10(17)9(16)5-11(12)18/h2-6H,7H2,1H3,(H,20,22)(H,21,23). The van der Waals surface area contributed by atoms with Gasteiger partial charge in [0.25, 0.3) is 0 Å². The minimum absolute atomic E-state index is 0.00854. The number of nitrogens with zero attached hydrogens (tertiary/aromatic N) is 1. The van der Waals surface area contributed by atoms with Crippen LogP contribution in [-0.2, 0) is 16.1 Å². The van der Waals surface area contributed by atoms with Gasteiger partial charge in [-0.25, -0.2) is 18.2 Å². The average Bonchev–Trinajstić information content (AvgIpc) is 2.57. The normalized spacial score (nSPS) is 10.2. The van der Waals surface area contributed by atoms with Crippen LogP contribution in [0.2, 0.25) is 0 Å². The second-order valence-electron chi connectivity index (χ2n) is 4.59. The first-order chi connectivity index (χ1) is 11.4. The number of benzene rings is 1. The summed E-state index contributed by atoms with van der Waals surface area (Å²) < 4.78 is 44.2. The van der Waals surface area contributed by atoms with Crippen LogP contribution in [0.1, 0.15) is 5.56 Å². The number of nitrogens with one attached hydrogen (secondary N) is 2. The molecule has 1 heterocycles. The number of ether oxygens (including phenoxy) is 1. The van der Waals surface area contributed by atoms with E-state index < -0.39 is 35.0 Å². The summed E-state index contributed by atoms with van der Waals surface area (Å²) in [6.45, 7) is -0.00854. The zero-order valence-corrected chi connectivity index (χ0v) is 12.4. The molecule has 2 amide bonds. The van der Waals surface area contributed by atoms with E-state index in [1.54, 1.807) is 12.1 Å². The molecule has 1 aromatic heterocycles. The molecule has 0 saturated carbocycles. The predicted octanol–water partition coefficient (Wildman–Crippen LogP) is 1.76. The number of carbonyl (C=O) groups excluding carboxylic acids is 2. The number of aromatic nitrogens is 1. The van der Waals surface area contributed by atoms with Gasteiger partial charge in [0, 0.05) is 30.9 Å². The van der Waals surface area contributed by atoms with Crippen LogP contribution >= 0.6 is 0 Å². The van der Waals surface area contributed by atoms with E-state index in [2.05, 4.69) is 10.3 Å². The van der Waals surface area contributed by atoms with Crippen LogP contribution in [0.25, 0.3) is 0 Å². The number of pyridine rings is 1. The maximum Gasteiger partial charge on any atom is 0.313 e. The highest BCUT2D eigenvalue weighted by atomic mass is 19.2. The minimum atomic E-state index is -1.40. The minimum Gasteiger partial charge on any atom is -0.481 e. The largest absolute Gasteiger partial charge is 0.481 e. The lowest BCUT2D eigenvalue weighted by molar-refractivity contribution is -0.136. The molecule has 24 heavy (non-hydrogen) atoms. The fraction of sp³-hybridized carbons (Fsp3) is 0.133. The lowest BCUT2D eigenvalue weighted by Crippen LogP contribution is -2.35.